The molecule has 6 heteroatoms. The van der Waals surface area contributed by atoms with E-state index in [-0.39, 0.29) is 6.10 Å². The van der Waals surface area contributed by atoms with Crippen LogP contribution in [0.3, 0.4) is 0 Å². The molecule has 0 bridgehead atoms. The minimum Gasteiger partial charge on any atom is -0.387 e. The highest BCUT2D eigenvalue weighted by Crippen LogP contribution is 2.13. The van der Waals surface area contributed by atoms with Crippen LogP contribution in [-0.4, -0.2) is 38.6 Å². The Morgan fingerprint density at radius 3 is 3.00 bits per heavy atom. The predicted molar refractivity (Wildman–Crippen MR) is 83.1 cm³/mol. The van der Waals surface area contributed by atoms with Gasteiger partial charge in [-0.1, -0.05) is 18.2 Å². The van der Waals surface area contributed by atoms with Gasteiger partial charge < -0.3 is 10.0 Å². The number of rotatable bonds is 3. The van der Waals surface area contributed by atoms with E-state index in [1.807, 2.05) is 21.4 Å². The van der Waals surface area contributed by atoms with Gasteiger partial charge in [0.25, 0.3) is 0 Å². The first-order valence-electron chi connectivity index (χ1n) is 7.37. The SMILES string of the molecule is Cc1ccccc1-n1cnn(C[NH+]2CCC[C@@H](O)C2)c1=S. The Balaban J connectivity index is 1.83. The van der Waals surface area contributed by atoms with Crippen molar-refractivity contribution < 1.29 is 10.0 Å². The van der Waals surface area contributed by atoms with Crippen LogP contribution in [0.2, 0.25) is 0 Å². The summed E-state index contributed by atoms with van der Waals surface area (Å²) in [6.45, 7) is 4.63. The van der Waals surface area contributed by atoms with E-state index in [4.69, 9.17) is 12.2 Å². The summed E-state index contributed by atoms with van der Waals surface area (Å²) in [6, 6.07) is 8.15. The summed E-state index contributed by atoms with van der Waals surface area (Å²) in [6.07, 6.45) is 3.56. The molecule has 21 heavy (non-hydrogen) atoms. The number of likely N-dealkylation sites (tertiary alicyclic amines) is 1. The van der Waals surface area contributed by atoms with Gasteiger partial charge in [-0.15, -0.1) is 0 Å². The lowest BCUT2D eigenvalue weighted by Crippen LogP contribution is -3.13. The normalized spacial score (nSPS) is 22.4. The fourth-order valence-electron chi connectivity index (χ4n) is 2.92. The Morgan fingerprint density at radius 2 is 2.24 bits per heavy atom. The molecule has 0 spiro atoms. The van der Waals surface area contributed by atoms with Crippen LogP contribution in [0.5, 0.6) is 0 Å². The van der Waals surface area contributed by atoms with E-state index < -0.39 is 0 Å². The van der Waals surface area contributed by atoms with Crippen molar-refractivity contribution in [1.29, 1.82) is 0 Å². The third-order valence-electron chi connectivity index (χ3n) is 4.07. The van der Waals surface area contributed by atoms with Crippen molar-refractivity contribution in [3.05, 3.63) is 40.9 Å². The number of aromatic nitrogens is 3. The number of hydrogen-bond acceptors (Lipinski definition) is 3. The van der Waals surface area contributed by atoms with Crippen molar-refractivity contribution in [1.82, 2.24) is 14.3 Å². The standard InChI is InChI=1S/C15H20N4OS/c1-12-5-2-3-7-14(12)18-10-16-19(15(18)21)11-17-8-4-6-13(20)9-17/h2-3,5,7,10,13,20H,4,6,8-9,11H2,1H3/p+1/t13-/m1/s1. The molecule has 2 N–H and O–H groups in total. The Morgan fingerprint density at radius 1 is 1.43 bits per heavy atom. The first-order chi connectivity index (χ1) is 10.1. The van der Waals surface area contributed by atoms with Gasteiger partial charge in [-0.25, -0.2) is 0 Å². The van der Waals surface area contributed by atoms with Gasteiger partial charge in [0.15, 0.2) is 6.67 Å². The lowest BCUT2D eigenvalue weighted by Gasteiger charge is -2.26. The lowest BCUT2D eigenvalue weighted by molar-refractivity contribution is -0.931. The monoisotopic (exact) mass is 305 g/mol. The second-order valence-electron chi connectivity index (χ2n) is 5.73. The maximum Gasteiger partial charge on any atom is 0.207 e. The van der Waals surface area contributed by atoms with Crippen LogP contribution in [0.4, 0.5) is 0 Å². The van der Waals surface area contributed by atoms with Gasteiger partial charge >= 0.3 is 0 Å². The molecule has 5 nitrogen and oxygen atoms in total. The highest BCUT2D eigenvalue weighted by atomic mass is 32.1. The van der Waals surface area contributed by atoms with Crippen LogP contribution in [-0.2, 0) is 6.67 Å². The van der Waals surface area contributed by atoms with Crippen LogP contribution in [0.25, 0.3) is 5.69 Å². The number of quaternary nitrogens is 1. The first kappa shape index (κ1) is 14.4. The molecule has 2 aromatic rings. The molecule has 2 atom stereocenters. The molecule has 1 saturated heterocycles. The molecule has 112 valence electrons. The van der Waals surface area contributed by atoms with Gasteiger partial charge in [-0.05, 0) is 43.6 Å². The van der Waals surface area contributed by atoms with E-state index in [1.54, 1.807) is 6.33 Å². The molecular formula is C15H21N4OS+. The summed E-state index contributed by atoms with van der Waals surface area (Å²) >= 11 is 5.55. The minimum atomic E-state index is -0.193. The fraction of sp³-hybridized carbons (Fsp3) is 0.467. The van der Waals surface area contributed by atoms with Crippen LogP contribution in [0, 0.1) is 11.7 Å². The van der Waals surface area contributed by atoms with E-state index in [0.29, 0.717) is 4.77 Å². The van der Waals surface area contributed by atoms with Crippen LogP contribution >= 0.6 is 12.2 Å². The molecule has 1 aromatic heterocycles. The van der Waals surface area contributed by atoms with Gasteiger partial charge in [0.2, 0.25) is 4.77 Å². The van der Waals surface area contributed by atoms with Gasteiger partial charge in [0.05, 0.1) is 12.2 Å². The number of nitrogens with one attached hydrogen (secondary N) is 1. The summed E-state index contributed by atoms with van der Waals surface area (Å²) in [5.41, 5.74) is 2.25. The predicted octanol–water partition coefficient (Wildman–Crippen LogP) is 0.709. The van der Waals surface area contributed by atoms with Crippen molar-refractivity contribution in [3.8, 4) is 5.69 Å². The maximum atomic E-state index is 9.76. The number of hydrogen-bond donors (Lipinski definition) is 2. The second kappa shape index (κ2) is 6.09. The van der Waals surface area contributed by atoms with E-state index in [9.17, 15) is 5.11 Å². The molecular weight excluding hydrogens is 284 g/mol. The van der Waals surface area contributed by atoms with E-state index in [1.165, 1.54) is 10.5 Å². The average molecular weight is 305 g/mol. The summed E-state index contributed by atoms with van der Waals surface area (Å²) in [4.78, 5) is 1.33. The summed E-state index contributed by atoms with van der Waals surface area (Å²) in [5, 5.41) is 14.2. The Labute approximate surface area is 129 Å². The molecule has 1 aliphatic rings. The Bertz CT molecular complexity index is 678. The van der Waals surface area contributed by atoms with Crippen molar-refractivity contribution in [3.63, 3.8) is 0 Å². The Kier molecular flexibility index (Phi) is 4.19. The highest BCUT2D eigenvalue weighted by Gasteiger charge is 2.21. The van der Waals surface area contributed by atoms with Gasteiger partial charge in [-0.2, -0.15) is 9.78 Å². The summed E-state index contributed by atoms with van der Waals surface area (Å²) in [5.74, 6) is 0. The first-order valence-corrected chi connectivity index (χ1v) is 7.78. The largest absolute Gasteiger partial charge is 0.387 e. The van der Waals surface area contributed by atoms with E-state index in [0.717, 1.165) is 38.3 Å². The molecule has 1 aromatic carbocycles. The highest BCUT2D eigenvalue weighted by molar-refractivity contribution is 7.71. The molecule has 1 aliphatic heterocycles. The number of aliphatic hydroxyl groups excluding tert-OH is 1. The molecule has 0 amide bonds. The van der Waals surface area contributed by atoms with E-state index >= 15 is 0 Å². The van der Waals surface area contributed by atoms with Crippen LogP contribution in [0.15, 0.2) is 30.6 Å². The van der Waals surface area contributed by atoms with Crippen LogP contribution in [0.1, 0.15) is 18.4 Å². The minimum absolute atomic E-state index is 0.193. The van der Waals surface area contributed by atoms with Crippen molar-refractivity contribution in [2.45, 2.75) is 32.5 Å². The number of nitrogens with zero attached hydrogens (tertiary/aromatic N) is 3. The van der Waals surface area contributed by atoms with Gasteiger partial charge in [0.1, 0.15) is 19.0 Å². The quantitative estimate of drug-likeness (QED) is 0.821. The lowest BCUT2D eigenvalue weighted by atomic mass is 10.1. The molecule has 1 unspecified atom stereocenters. The van der Waals surface area contributed by atoms with Gasteiger partial charge in [0, 0.05) is 0 Å². The van der Waals surface area contributed by atoms with Gasteiger partial charge in [-0.3, -0.25) is 4.57 Å². The molecule has 1 fully saturated rings. The smallest absolute Gasteiger partial charge is 0.207 e. The number of para-hydroxylation sites is 1. The topological polar surface area (TPSA) is 47.4 Å². The van der Waals surface area contributed by atoms with Crippen molar-refractivity contribution in [2.24, 2.45) is 0 Å². The Hall–Kier alpha value is -1.50. The third-order valence-corrected chi connectivity index (χ3v) is 4.48. The molecule has 3 rings (SSSR count). The molecule has 0 aliphatic carbocycles. The number of piperidine rings is 1. The van der Waals surface area contributed by atoms with E-state index in [2.05, 4.69) is 24.2 Å². The van der Waals surface area contributed by atoms with Crippen molar-refractivity contribution >= 4 is 12.2 Å². The summed E-state index contributed by atoms with van der Waals surface area (Å²) < 4.78 is 4.51. The fourth-order valence-corrected chi connectivity index (χ4v) is 3.18. The molecule has 0 radical (unpaired) electrons. The van der Waals surface area contributed by atoms with Crippen molar-refractivity contribution in [2.75, 3.05) is 13.1 Å². The molecule has 0 saturated carbocycles. The second-order valence-corrected chi connectivity index (χ2v) is 6.09. The maximum absolute atomic E-state index is 9.76. The molecule has 2 heterocycles. The zero-order valence-electron chi connectivity index (χ0n) is 12.2. The summed E-state index contributed by atoms with van der Waals surface area (Å²) in [7, 11) is 0. The zero-order valence-corrected chi connectivity index (χ0v) is 13.0. The zero-order chi connectivity index (χ0) is 14.8. The number of aryl methyl sites for hydroxylation is 1. The third kappa shape index (κ3) is 3.07. The average Bonchev–Trinajstić information content (AvgIpc) is 2.81. The number of benzene rings is 1. The van der Waals surface area contributed by atoms with Crippen LogP contribution < -0.4 is 4.90 Å². The number of aliphatic hydroxyl groups is 1.